The first-order valence-corrected chi connectivity index (χ1v) is 7.94. The molecule has 1 aromatic heterocycles. The fourth-order valence-electron chi connectivity index (χ4n) is 2.63. The average Bonchev–Trinajstić information content (AvgIpc) is 2.64. The zero-order chi connectivity index (χ0) is 16.9. The van der Waals surface area contributed by atoms with Crippen LogP contribution in [-0.4, -0.2) is 47.7 Å². The van der Waals surface area contributed by atoms with Gasteiger partial charge in [0.1, 0.15) is 5.75 Å². The topological polar surface area (TPSA) is 78.2 Å². The summed E-state index contributed by atoms with van der Waals surface area (Å²) in [5.74, 6) is 0.0511. The van der Waals surface area contributed by atoms with Crippen LogP contribution in [-0.2, 0) is 11.3 Å². The van der Waals surface area contributed by atoms with Crippen LogP contribution in [0.4, 0.5) is 11.4 Å². The van der Waals surface area contributed by atoms with Gasteiger partial charge in [0.05, 0.1) is 31.2 Å². The van der Waals surface area contributed by atoms with Gasteiger partial charge in [-0.2, -0.15) is 0 Å². The van der Waals surface area contributed by atoms with E-state index in [1.54, 1.807) is 19.3 Å². The minimum absolute atomic E-state index is 0.0511. The zero-order valence-electron chi connectivity index (χ0n) is 13.6. The van der Waals surface area contributed by atoms with Crippen LogP contribution in [0.15, 0.2) is 35.5 Å². The maximum absolute atomic E-state index is 10.1. The number of ether oxygens (including phenoxy) is 1. The average molecular weight is 327 g/mol. The molecule has 0 unspecified atom stereocenters. The van der Waals surface area contributed by atoms with Crippen LogP contribution in [0.25, 0.3) is 0 Å². The largest absolute Gasteiger partial charge is 0.505 e. The zero-order valence-corrected chi connectivity index (χ0v) is 13.6. The number of rotatable bonds is 4. The van der Waals surface area contributed by atoms with E-state index in [1.807, 2.05) is 24.3 Å². The second-order valence-corrected chi connectivity index (χ2v) is 5.66. The number of morpholine rings is 1. The fraction of sp³-hybridized carbons (Fsp3) is 0.333. The van der Waals surface area contributed by atoms with Crippen LogP contribution in [0.1, 0.15) is 16.8 Å². The first kappa shape index (κ1) is 16.4. The van der Waals surface area contributed by atoms with Gasteiger partial charge in [0.25, 0.3) is 0 Å². The summed E-state index contributed by atoms with van der Waals surface area (Å²) in [5, 5.41) is 19.5. The second-order valence-electron chi connectivity index (χ2n) is 5.66. The Morgan fingerprint density at radius 1 is 1.25 bits per heavy atom. The molecule has 0 saturated carbocycles. The molecule has 0 atom stereocenters. The molecular formula is C18H21N3O3. The standard InChI is InChI=1S/C18H21N3O3/c1-13-18(23)17(14(12-22)10-19-13)11-20-15-2-4-16(5-3-15)21-6-8-24-9-7-21/h2-5,10-11,22-23H,6-9,12H2,1H3. The molecular weight excluding hydrogens is 306 g/mol. The lowest BCUT2D eigenvalue weighted by Crippen LogP contribution is -2.36. The van der Waals surface area contributed by atoms with E-state index in [9.17, 15) is 10.2 Å². The minimum atomic E-state index is -0.196. The lowest BCUT2D eigenvalue weighted by Gasteiger charge is -2.28. The quantitative estimate of drug-likeness (QED) is 0.842. The van der Waals surface area contributed by atoms with Crippen LogP contribution in [0, 0.1) is 6.92 Å². The van der Waals surface area contributed by atoms with E-state index in [0.717, 1.165) is 37.7 Å². The summed E-state index contributed by atoms with van der Waals surface area (Å²) in [4.78, 5) is 10.7. The lowest BCUT2D eigenvalue weighted by molar-refractivity contribution is 0.122. The molecule has 0 amide bonds. The number of pyridine rings is 1. The van der Waals surface area contributed by atoms with Crippen LogP contribution >= 0.6 is 0 Å². The Kier molecular flexibility index (Phi) is 5.08. The SMILES string of the molecule is Cc1ncc(CO)c(C=Nc2ccc(N3CCOCC3)cc2)c1O. The molecule has 3 rings (SSSR count). The molecule has 1 saturated heterocycles. The van der Waals surface area contributed by atoms with Crippen molar-refractivity contribution in [2.45, 2.75) is 13.5 Å². The summed E-state index contributed by atoms with van der Waals surface area (Å²) < 4.78 is 5.36. The number of nitrogens with zero attached hydrogens (tertiary/aromatic N) is 3. The summed E-state index contributed by atoms with van der Waals surface area (Å²) >= 11 is 0. The number of hydrogen-bond donors (Lipinski definition) is 2. The van der Waals surface area contributed by atoms with Crippen molar-refractivity contribution in [3.8, 4) is 5.75 Å². The predicted octanol–water partition coefficient (Wildman–Crippen LogP) is 2.18. The first-order chi connectivity index (χ1) is 11.7. The fourth-order valence-corrected chi connectivity index (χ4v) is 2.63. The van der Waals surface area contributed by atoms with Gasteiger partial charge in [0.2, 0.25) is 0 Å². The molecule has 2 aromatic rings. The molecule has 0 bridgehead atoms. The van der Waals surface area contributed by atoms with Crippen molar-refractivity contribution < 1.29 is 14.9 Å². The van der Waals surface area contributed by atoms with Crippen molar-refractivity contribution >= 4 is 17.6 Å². The van der Waals surface area contributed by atoms with Gasteiger partial charge in [-0.05, 0) is 31.2 Å². The smallest absolute Gasteiger partial charge is 0.145 e. The predicted molar refractivity (Wildman–Crippen MR) is 93.3 cm³/mol. The van der Waals surface area contributed by atoms with E-state index in [-0.39, 0.29) is 12.4 Å². The number of anilines is 1. The van der Waals surface area contributed by atoms with Gasteiger partial charge in [0.15, 0.2) is 0 Å². The van der Waals surface area contributed by atoms with Crippen molar-refractivity contribution in [1.29, 1.82) is 0 Å². The van der Waals surface area contributed by atoms with E-state index in [2.05, 4.69) is 14.9 Å². The van der Waals surface area contributed by atoms with Crippen molar-refractivity contribution in [3.05, 3.63) is 47.3 Å². The van der Waals surface area contributed by atoms with Crippen molar-refractivity contribution in [3.63, 3.8) is 0 Å². The molecule has 0 radical (unpaired) electrons. The Labute approximate surface area is 141 Å². The van der Waals surface area contributed by atoms with E-state index >= 15 is 0 Å². The summed E-state index contributed by atoms with van der Waals surface area (Å²) in [6.45, 7) is 4.82. The van der Waals surface area contributed by atoms with Gasteiger partial charge in [-0.15, -0.1) is 0 Å². The Morgan fingerprint density at radius 3 is 2.62 bits per heavy atom. The summed E-state index contributed by atoms with van der Waals surface area (Å²) in [5.41, 5.74) is 3.49. The second kappa shape index (κ2) is 7.42. The molecule has 2 N–H and O–H groups in total. The van der Waals surface area contributed by atoms with Gasteiger partial charge in [-0.25, -0.2) is 0 Å². The number of aliphatic hydroxyl groups excluding tert-OH is 1. The molecule has 0 aliphatic carbocycles. The third-order valence-electron chi connectivity index (χ3n) is 4.10. The molecule has 6 nitrogen and oxygen atoms in total. The van der Waals surface area contributed by atoms with E-state index in [4.69, 9.17) is 4.74 Å². The molecule has 6 heteroatoms. The number of aliphatic imine (C=N–C) groups is 1. The number of aliphatic hydroxyl groups is 1. The summed E-state index contributed by atoms with van der Waals surface area (Å²) in [7, 11) is 0. The van der Waals surface area contributed by atoms with Crippen molar-refractivity contribution in [1.82, 2.24) is 4.98 Å². The van der Waals surface area contributed by atoms with E-state index < -0.39 is 0 Å². The number of aromatic hydroxyl groups is 1. The maximum Gasteiger partial charge on any atom is 0.145 e. The minimum Gasteiger partial charge on any atom is -0.505 e. The Balaban J connectivity index is 1.79. The Morgan fingerprint density at radius 2 is 1.96 bits per heavy atom. The molecule has 1 aromatic carbocycles. The summed E-state index contributed by atoms with van der Waals surface area (Å²) in [6.07, 6.45) is 3.12. The highest BCUT2D eigenvalue weighted by molar-refractivity contribution is 5.87. The van der Waals surface area contributed by atoms with Crippen LogP contribution < -0.4 is 4.90 Å². The van der Waals surface area contributed by atoms with Crippen molar-refractivity contribution in [2.75, 3.05) is 31.2 Å². The van der Waals surface area contributed by atoms with Crippen LogP contribution in [0.2, 0.25) is 0 Å². The first-order valence-electron chi connectivity index (χ1n) is 7.94. The number of hydrogen-bond acceptors (Lipinski definition) is 6. The molecule has 0 spiro atoms. The highest BCUT2D eigenvalue weighted by atomic mass is 16.5. The van der Waals surface area contributed by atoms with Crippen LogP contribution in [0.5, 0.6) is 5.75 Å². The molecule has 1 fully saturated rings. The van der Waals surface area contributed by atoms with Gasteiger partial charge >= 0.3 is 0 Å². The third kappa shape index (κ3) is 3.55. The highest BCUT2D eigenvalue weighted by Gasteiger charge is 2.11. The van der Waals surface area contributed by atoms with Crippen LogP contribution in [0.3, 0.4) is 0 Å². The van der Waals surface area contributed by atoms with Crippen molar-refractivity contribution in [2.24, 2.45) is 4.99 Å². The van der Waals surface area contributed by atoms with Gasteiger partial charge < -0.3 is 19.8 Å². The molecule has 24 heavy (non-hydrogen) atoms. The van der Waals surface area contributed by atoms with Gasteiger partial charge in [-0.1, -0.05) is 0 Å². The number of benzene rings is 1. The van der Waals surface area contributed by atoms with E-state index in [1.165, 1.54) is 0 Å². The normalized spacial score (nSPS) is 15.2. The molecule has 1 aliphatic rings. The Bertz CT molecular complexity index is 723. The number of aryl methyl sites for hydroxylation is 1. The van der Waals surface area contributed by atoms with Gasteiger partial charge in [0, 0.05) is 42.3 Å². The molecule has 126 valence electrons. The monoisotopic (exact) mass is 327 g/mol. The Hall–Kier alpha value is -2.44. The highest BCUT2D eigenvalue weighted by Crippen LogP contribution is 2.24. The number of aromatic nitrogens is 1. The maximum atomic E-state index is 10.1. The third-order valence-corrected chi connectivity index (χ3v) is 4.10. The molecule has 2 heterocycles. The van der Waals surface area contributed by atoms with E-state index in [0.29, 0.717) is 16.8 Å². The van der Waals surface area contributed by atoms with Gasteiger partial charge in [-0.3, -0.25) is 9.98 Å². The summed E-state index contributed by atoms with van der Waals surface area (Å²) in [6, 6.07) is 7.93. The lowest BCUT2D eigenvalue weighted by atomic mass is 10.1. The molecule has 1 aliphatic heterocycles.